The zero-order valence-electron chi connectivity index (χ0n) is 17.9. The lowest BCUT2D eigenvalue weighted by molar-refractivity contribution is -0.140. The number of benzene rings is 1. The fraction of sp³-hybridized carbons (Fsp3) is 0.708. The number of amides is 1. The van der Waals surface area contributed by atoms with Gasteiger partial charge in [-0.15, -0.1) is 0 Å². The van der Waals surface area contributed by atoms with E-state index in [1.165, 1.54) is 24.0 Å². The summed E-state index contributed by atoms with van der Waals surface area (Å²) in [5, 5.41) is 12.6. The fourth-order valence-corrected chi connectivity index (χ4v) is 6.07. The molecule has 0 aromatic heterocycles. The van der Waals surface area contributed by atoms with Crippen molar-refractivity contribution in [3.8, 4) is 0 Å². The quantitative estimate of drug-likeness (QED) is 0.804. The van der Waals surface area contributed by atoms with Crippen LogP contribution in [0.15, 0.2) is 24.3 Å². The molecule has 4 aliphatic rings. The largest absolute Gasteiger partial charge is 0.356 e. The minimum absolute atomic E-state index is 0.0888. The van der Waals surface area contributed by atoms with Gasteiger partial charge in [0.25, 0.3) is 0 Å². The molecule has 2 spiro atoms. The van der Waals surface area contributed by atoms with Crippen molar-refractivity contribution in [3.05, 3.63) is 35.4 Å². The molecule has 2 N–H and O–H groups in total. The Morgan fingerprint density at radius 2 is 2.00 bits per heavy atom. The first-order valence-electron chi connectivity index (χ1n) is 11.1. The summed E-state index contributed by atoms with van der Waals surface area (Å²) >= 11 is 0. The van der Waals surface area contributed by atoms with E-state index in [2.05, 4.69) is 55.3 Å². The van der Waals surface area contributed by atoms with Crippen LogP contribution in [0.4, 0.5) is 0 Å². The number of rotatable bonds is 2. The van der Waals surface area contributed by atoms with Gasteiger partial charge in [-0.25, -0.2) is 0 Å². The average Bonchev–Trinajstić information content (AvgIpc) is 3.22. The first-order valence-corrected chi connectivity index (χ1v) is 11.1. The molecule has 1 unspecified atom stereocenters. The zero-order valence-corrected chi connectivity index (χ0v) is 17.9. The van der Waals surface area contributed by atoms with E-state index in [4.69, 9.17) is 4.74 Å². The standard InChI is InChI=1S/C24H34N2O3/c1-22(2,3)19-6-4-5-16(9-19)17-10-23(11-17)7-8-26(14-23)20(27)18-12-24(13-18)15-29-21(28)25-24/h4-6,9,17-18,21,25,28H,7-8,10-15H2,1-3H3/t17?,18-,21?,23?,24+. The van der Waals surface area contributed by atoms with Gasteiger partial charge in [0.05, 0.1) is 6.61 Å². The van der Waals surface area contributed by atoms with Crippen LogP contribution in [0.5, 0.6) is 0 Å². The Labute approximate surface area is 173 Å². The van der Waals surface area contributed by atoms with Crippen LogP contribution in [0.25, 0.3) is 0 Å². The smallest absolute Gasteiger partial charge is 0.225 e. The average molecular weight is 399 g/mol. The van der Waals surface area contributed by atoms with Crippen molar-refractivity contribution in [1.82, 2.24) is 10.2 Å². The number of nitrogens with zero attached hydrogens (tertiary/aromatic N) is 1. The molecule has 2 heterocycles. The maximum absolute atomic E-state index is 13.0. The monoisotopic (exact) mass is 398 g/mol. The van der Waals surface area contributed by atoms with Crippen molar-refractivity contribution in [2.75, 3.05) is 19.7 Å². The second-order valence-corrected chi connectivity index (χ2v) is 11.2. The SMILES string of the molecule is CC(C)(C)c1cccc(C2CC3(CCN(C(=O)[C@H]4C[C@]5(COC(O)N5)C4)C3)C2)c1. The van der Waals surface area contributed by atoms with Gasteiger partial charge in [0.1, 0.15) is 0 Å². The highest BCUT2D eigenvalue weighted by molar-refractivity contribution is 5.80. The lowest BCUT2D eigenvalue weighted by Gasteiger charge is -2.47. The predicted molar refractivity (Wildman–Crippen MR) is 111 cm³/mol. The molecule has 29 heavy (non-hydrogen) atoms. The second-order valence-electron chi connectivity index (χ2n) is 11.2. The maximum Gasteiger partial charge on any atom is 0.225 e. The Morgan fingerprint density at radius 1 is 1.24 bits per heavy atom. The maximum atomic E-state index is 13.0. The van der Waals surface area contributed by atoms with Gasteiger partial charge in [0, 0.05) is 24.5 Å². The summed E-state index contributed by atoms with van der Waals surface area (Å²) in [5.41, 5.74) is 3.23. The van der Waals surface area contributed by atoms with Gasteiger partial charge in [0.15, 0.2) is 0 Å². The minimum atomic E-state index is -0.871. The topological polar surface area (TPSA) is 61.8 Å². The summed E-state index contributed by atoms with van der Waals surface area (Å²) in [6.45, 7) is 9.16. The summed E-state index contributed by atoms with van der Waals surface area (Å²) in [6, 6.07) is 9.12. The Hall–Kier alpha value is -1.43. The van der Waals surface area contributed by atoms with E-state index in [9.17, 15) is 9.90 Å². The van der Waals surface area contributed by atoms with E-state index >= 15 is 0 Å². The van der Waals surface area contributed by atoms with Crippen LogP contribution in [0.2, 0.25) is 0 Å². The van der Waals surface area contributed by atoms with E-state index in [1.807, 2.05) is 0 Å². The summed E-state index contributed by atoms with van der Waals surface area (Å²) in [5.74, 6) is 1.04. The van der Waals surface area contributed by atoms with Gasteiger partial charge in [-0.3, -0.25) is 10.1 Å². The van der Waals surface area contributed by atoms with Gasteiger partial charge >= 0.3 is 0 Å². The predicted octanol–water partition coefficient (Wildman–Crippen LogP) is 3.12. The molecule has 2 saturated heterocycles. The van der Waals surface area contributed by atoms with Gasteiger partial charge in [-0.05, 0) is 60.0 Å². The molecule has 5 heteroatoms. The van der Waals surface area contributed by atoms with E-state index in [0.717, 1.165) is 32.4 Å². The molecule has 1 aromatic carbocycles. The second kappa shape index (κ2) is 6.53. The van der Waals surface area contributed by atoms with E-state index < -0.39 is 6.41 Å². The van der Waals surface area contributed by atoms with Gasteiger partial charge < -0.3 is 14.7 Å². The lowest BCUT2D eigenvalue weighted by atomic mass is 9.59. The fourth-order valence-electron chi connectivity index (χ4n) is 6.07. The van der Waals surface area contributed by atoms with Crippen LogP contribution in [0, 0.1) is 11.3 Å². The molecule has 5 rings (SSSR count). The van der Waals surface area contributed by atoms with E-state index in [0.29, 0.717) is 23.8 Å². The highest BCUT2D eigenvalue weighted by Gasteiger charge is 2.55. The summed E-state index contributed by atoms with van der Waals surface area (Å²) in [7, 11) is 0. The van der Waals surface area contributed by atoms with Crippen LogP contribution >= 0.6 is 0 Å². The number of aliphatic hydroxyl groups excluding tert-OH is 1. The Kier molecular flexibility index (Phi) is 4.40. The first-order chi connectivity index (χ1) is 13.7. The molecule has 2 aliphatic heterocycles. The van der Waals surface area contributed by atoms with Crippen LogP contribution in [-0.2, 0) is 14.9 Å². The molecule has 1 aromatic rings. The molecule has 4 fully saturated rings. The molecule has 1 amide bonds. The highest BCUT2D eigenvalue weighted by atomic mass is 16.6. The number of carbonyl (C=O) groups excluding carboxylic acids is 1. The first kappa shape index (κ1) is 19.5. The van der Waals surface area contributed by atoms with Crippen LogP contribution < -0.4 is 5.32 Å². The van der Waals surface area contributed by atoms with E-state index in [-0.39, 0.29) is 16.9 Å². The summed E-state index contributed by atoms with van der Waals surface area (Å²) in [4.78, 5) is 15.1. The Balaban J connectivity index is 1.16. The third kappa shape index (κ3) is 3.41. The molecule has 1 atom stereocenters. The molecule has 0 bridgehead atoms. The number of nitrogens with one attached hydrogen (secondary N) is 1. The lowest BCUT2D eigenvalue weighted by Crippen LogP contribution is -2.58. The van der Waals surface area contributed by atoms with Crippen LogP contribution in [0.1, 0.15) is 69.9 Å². The van der Waals surface area contributed by atoms with Crippen molar-refractivity contribution in [3.63, 3.8) is 0 Å². The molecule has 0 radical (unpaired) electrons. The number of ether oxygens (including phenoxy) is 1. The van der Waals surface area contributed by atoms with Crippen LogP contribution in [-0.4, -0.2) is 47.6 Å². The Bertz CT molecular complexity index is 803. The molecule has 5 nitrogen and oxygen atoms in total. The van der Waals surface area contributed by atoms with Gasteiger partial charge in [-0.2, -0.15) is 0 Å². The minimum Gasteiger partial charge on any atom is -0.356 e. The molecule has 158 valence electrons. The van der Waals surface area contributed by atoms with Crippen molar-refractivity contribution in [2.45, 2.75) is 76.2 Å². The van der Waals surface area contributed by atoms with Crippen molar-refractivity contribution in [2.24, 2.45) is 11.3 Å². The zero-order chi connectivity index (χ0) is 20.4. The number of hydrogen-bond acceptors (Lipinski definition) is 4. The summed E-state index contributed by atoms with van der Waals surface area (Å²) < 4.78 is 5.23. The van der Waals surface area contributed by atoms with Crippen LogP contribution in [0.3, 0.4) is 0 Å². The van der Waals surface area contributed by atoms with Gasteiger partial charge in [0.2, 0.25) is 12.3 Å². The highest BCUT2D eigenvalue weighted by Crippen LogP contribution is 2.56. The summed E-state index contributed by atoms with van der Waals surface area (Å²) in [6.07, 6.45) is 4.26. The normalized spacial score (nSPS) is 39.0. The molecular weight excluding hydrogens is 364 g/mol. The molecule has 2 saturated carbocycles. The number of aliphatic hydroxyl groups is 1. The van der Waals surface area contributed by atoms with Gasteiger partial charge in [-0.1, -0.05) is 45.0 Å². The number of likely N-dealkylation sites (tertiary alicyclic amines) is 1. The Morgan fingerprint density at radius 3 is 2.66 bits per heavy atom. The van der Waals surface area contributed by atoms with Crippen molar-refractivity contribution < 1.29 is 14.6 Å². The number of carbonyl (C=O) groups is 1. The molecule has 2 aliphatic carbocycles. The van der Waals surface area contributed by atoms with Crippen molar-refractivity contribution in [1.29, 1.82) is 0 Å². The third-order valence-electron chi connectivity index (χ3n) is 7.90. The van der Waals surface area contributed by atoms with E-state index in [1.54, 1.807) is 0 Å². The molecular formula is C24H34N2O3. The third-order valence-corrected chi connectivity index (χ3v) is 7.90. The van der Waals surface area contributed by atoms with Crippen molar-refractivity contribution >= 4 is 5.91 Å². The number of hydrogen-bond donors (Lipinski definition) is 2.